The van der Waals surface area contributed by atoms with Gasteiger partial charge in [0.05, 0.1) is 5.41 Å². The van der Waals surface area contributed by atoms with Gasteiger partial charge < -0.3 is 16.4 Å². The highest BCUT2D eigenvalue weighted by Gasteiger charge is 2.37. The van der Waals surface area contributed by atoms with Gasteiger partial charge in [-0.3, -0.25) is 9.59 Å². The van der Waals surface area contributed by atoms with E-state index in [-0.39, 0.29) is 17.2 Å². The number of hydrogen-bond donors (Lipinski definition) is 3. The van der Waals surface area contributed by atoms with Crippen molar-refractivity contribution in [1.29, 1.82) is 0 Å². The van der Waals surface area contributed by atoms with Gasteiger partial charge in [-0.1, -0.05) is 19.3 Å². The normalized spacial score (nSPS) is 21.7. The summed E-state index contributed by atoms with van der Waals surface area (Å²) in [4.78, 5) is 23.8. The Kier molecular flexibility index (Phi) is 4.80. The minimum absolute atomic E-state index is 0.0354. The van der Waals surface area contributed by atoms with E-state index in [1.807, 2.05) is 0 Å². The molecule has 2 fully saturated rings. The quantitative estimate of drug-likeness (QED) is 0.661. The summed E-state index contributed by atoms with van der Waals surface area (Å²) < 4.78 is 0. The number of carbonyl (C=O) groups excluding carboxylic acids is 2. The van der Waals surface area contributed by atoms with Gasteiger partial charge in [0, 0.05) is 25.6 Å². The van der Waals surface area contributed by atoms with Crippen LogP contribution in [0.5, 0.6) is 0 Å². The lowest BCUT2D eigenvalue weighted by atomic mass is 9.73. The average Bonchev–Trinajstić information content (AvgIpc) is 3.23. The maximum atomic E-state index is 12.2. The first-order valence-corrected chi connectivity index (χ1v) is 7.44. The Hall–Kier alpha value is -1.10. The zero-order valence-corrected chi connectivity index (χ0v) is 11.5. The Labute approximate surface area is 114 Å². The van der Waals surface area contributed by atoms with Crippen LogP contribution in [0.1, 0.15) is 51.4 Å². The van der Waals surface area contributed by atoms with Crippen LogP contribution < -0.4 is 16.4 Å². The van der Waals surface area contributed by atoms with Crippen molar-refractivity contribution >= 4 is 11.8 Å². The fourth-order valence-electron chi connectivity index (χ4n) is 2.76. The third-order valence-corrected chi connectivity index (χ3v) is 4.26. The second-order valence-electron chi connectivity index (χ2n) is 5.89. The standard InChI is InChI=1S/C14H25N3O2/c15-10-14(7-2-1-3-8-14)13(19)16-9-6-12(18)17-11-4-5-11/h11H,1-10,15H2,(H,16,19)(H,17,18). The zero-order chi connectivity index (χ0) is 13.7. The van der Waals surface area contributed by atoms with Crippen molar-refractivity contribution in [2.75, 3.05) is 13.1 Å². The zero-order valence-electron chi connectivity index (χ0n) is 11.5. The number of carbonyl (C=O) groups is 2. The Bertz CT molecular complexity index is 334. The molecule has 0 atom stereocenters. The summed E-state index contributed by atoms with van der Waals surface area (Å²) in [5.41, 5.74) is 5.42. The van der Waals surface area contributed by atoms with Crippen molar-refractivity contribution in [1.82, 2.24) is 10.6 Å². The number of hydrogen-bond acceptors (Lipinski definition) is 3. The van der Waals surface area contributed by atoms with Gasteiger partial charge >= 0.3 is 0 Å². The highest BCUT2D eigenvalue weighted by atomic mass is 16.2. The maximum Gasteiger partial charge on any atom is 0.227 e. The Morgan fingerprint density at radius 2 is 1.84 bits per heavy atom. The predicted molar refractivity (Wildman–Crippen MR) is 73.4 cm³/mol. The highest BCUT2D eigenvalue weighted by molar-refractivity contribution is 5.84. The predicted octanol–water partition coefficient (Wildman–Crippen LogP) is 0.680. The molecule has 0 bridgehead atoms. The van der Waals surface area contributed by atoms with Crippen LogP contribution in [0.15, 0.2) is 0 Å². The van der Waals surface area contributed by atoms with E-state index in [1.165, 1.54) is 6.42 Å². The summed E-state index contributed by atoms with van der Waals surface area (Å²) in [7, 11) is 0. The Morgan fingerprint density at radius 3 is 2.42 bits per heavy atom. The average molecular weight is 267 g/mol. The number of nitrogens with two attached hydrogens (primary N) is 1. The van der Waals surface area contributed by atoms with Crippen molar-refractivity contribution in [3.8, 4) is 0 Å². The monoisotopic (exact) mass is 267 g/mol. The molecule has 108 valence electrons. The SMILES string of the molecule is NCC1(C(=O)NCCC(=O)NC2CC2)CCCCC1. The van der Waals surface area contributed by atoms with E-state index in [1.54, 1.807) is 0 Å². The molecule has 5 heteroatoms. The summed E-state index contributed by atoms with van der Waals surface area (Å²) in [5, 5.41) is 5.80. The van der Waals surface area contributed by atoms with Crippen LogP contribution >= 0.6 is 0 Å². The molecule has 2 aliphatic rings. The van der Waals surface area contributed by atoms with E-state index in [0.717, 1.165) is 38.5 Å². The minimum Gasteiger partial charge on any atom is -0.355 e. The molecule has 0 aromatic heterocycles. The van der Waals surface area contributed by atoms with Crippen LogP contribution in [0.4, 0.5) is 0 Å². The van der Waals surface area contributed by atoms with Gasteiger partial charge in [-0.2, -0.15) is 0 Å². The second-order valence-corrected chi connectivity index (χ2v) is 5.89. The molecule has 0 aromatic carbocycles. The van der Waals surface area contributed by atoms with E-state index >= 15 is 0 Å². The van der Waals surface area contributed by atoms with Crippen LogP contribution in [0, 0.1) is 5.41 Å². The summed E-state index contributed by atoms with van der Waals surface area (Å²) in [6.07, 6.45) is 7.65. The molecule has 0 radical (unpaired) electrons. The molecule has 0 saturated heterocycles. The molecule has 5 nitrogen and oxygen atoms in total. The molecule has 2 amide bonds. The summed E-state index contributed by atoms with van der Waals surface area (Å²) >= 11 is 0. The summed E-state index contributed by atoms with van der Waals surface area (Å²) in [6.45, 7) is 0.826. The molecule has 2 rings (SSSR count). The van der Waals surface area contributed by atoms with Gasteiger partial charge in [0.25, 0.3) is 0 Å². The van der Waals surface area contributed by atoms with Crippen molar-refractivity contribution in [3.63, 3.8) is 0 Å². The lowest BCUT2D eigenvalue weighted by molar-refractivity contribution is -0.132. The third-order valence-electron chi connectivity index (χ3n) is 4.26. The molecule has 4 N–H and O–H groups in total. The molecule has 0 spiro atoms. The second kappa shape index (κ2) is 6.37. The maximum absolute atomic E-state index is 12.2. The molecule has 0 aliphatic heterocycles. The van der Waals surface area contributed by atoms with Crippen molar-refractivity contribution in [2.24, 2.45) is 11.1 Å². The highest BCUT2D eigenvalue weighted by Crippen LogP contribution is 2.35. The van der Waals surface area contributed by atoms with Gasteiger partial charge in [0.15, 0.2) is 0 Å². The first-order valence-electron chi connectivity index (χ1n) is 7.44. The lowest BCUT2D eigenvalue weighted by Gasteiger charge is -2.34. The molecular weight excluding hydrogens is 242 g/mol. The molecule has 19 heavy (non-hydrogen) atoms. The molecule has 0 aromatic rings. The van der Waals surface area contributed by atoms with Crippen LogP contribution in [0.3, 0.4) is 0 Å². The molecule has 0 heterocycles. The van der Waals surface area contributed by atoms with Crippen LogP contribution in [0.25, 0.3) is 0 Å². The van der Waals surface area contributed by atoms with Crippen LogP contribution in [-0.2, 0) is 9.59 Å². The van der Waals surface area contributed by atoms with E-state index in [9.17, 15) is 9.59 Å². The van der Waals surface area contributed by atoms with Crippen molar-refractivity contribution < 1.29 is 9.59 Å². The van der Waals surface area contributed by atoms with E-state index < -0.39 is 0 Å². The molecular formula is C14H25N3O2. The topological polar surface area (TPSA) is 84.2 Å². The largest absolute Gasteiger partial charge is 0.355 e. The number of rotatable bonds is 6. The molecule has 0 unspecified atom stereocenters. The van der Waals surface area contributed by atoms with E-state index in [0.29, 0.717) is 25.6 Å². The van der Waals surface area contributed by atoms with E-state index in [4.69, 9.17) is 5.73 Å². The van der Waals surface area contributed by atoms with Crippen molar-refractivity contribution in [3.05, 3.63) is 0 Å². The summed E-state index contributed by atoms with van der Waals surface area (Å²) in [6, 6.07) is 0.386. The smallest absolute Gasteiger partial charge is 0.227 e. The van der Waals surface area contributed by atoms with Gasteiger partial charge in [-0.15, -0.1) is 0 Å². The van der Waals surface area contributed by atoms with Crippen LogP contribution in [-0.4, -0.2) is 30.9 Å². The first kappa shape index (κ1) is 14.3. The third kappa shape index (κ3) is 3.93. The number of amides is 2. The van der Waals surface area contributed by atoms with Gasteiger partial charge in [-0.25, -0.2) is 0 Å². The van der Waals surface area contributed by atoms with Crippen LogP contribution in [0.2, 0.25) is 0 Å². The van der Waals surface area contributed by atoms with Gasteiger partial charge in [0.2, 0.25) is 11.8 Å². The Balaban J connectivity index is 1.71. The molecule has 2 aliphatic carbocycles. The van der Waals surface area contributed by atoms with Gasteiger partial charge in [-0.05, 0) is 25.7 Å². The number of nitrogens with one attached hydrogen (secondary N) is 2. The summed E-state index contributed by atoms with van der Waals surface area (Å²) in [5.74, 6) is 0.0714. The van der Waals surface area contributed by atoms with E-state index in [2.05, 4.69) is 10.6 Å². The first-order chi connectivity index (χ1) is 9.16. The van der Waals surface area contributed by atoms with Crippen molar-refractivity contribution in [2.45, 2.75) is 57.4 Å². The minimum atomic E-state index is -0.384. The van der Waals surface area contributed by atoms with Gasteiger partial charge in [0.1, 0.15) is 0 Å². The fraction of sp³-hybridized carbons (Fsp3) is 0.857. The Morgan fingerprint density at radius 1 is 1.16 bits per heavy atom. The molecule has 2 saturated carbocycles. The lowest BCUT2D eigenvalue weighted by Crippen LogP contribution is -2.47. The fourth-order valence-corrected chi connectivity index (χ4v) is 2.76.